The second-order valence-electron chi connectivity index (χ2n) is 5.04. The molecule has 3 N–H and O–H groups in total. The lowest BCUT2D eigenvalue weighted by Crippen LogP contribution is -2.26. The second-order valence-corrected chi connectivity index (χ2v) is 8.37. The SMILES string of the molecule is Cc1cc(S(N)(=O)=O)ccc1NS(=O)(=O)CC1CCCO1. The Morgan fingerprint density at radius 1 is 1.33 bits per heavy atom. The van der Waals surface area contributed by atoms with E-state index in [2.05, 4.69) is 4.72 Å². The Morgan fingerprint density at radius 3 is 2.57 bits per heavy atom. The summed E-state index contributed by atoms with van der Waals surface area (Å²) in [6.45, 7) is 2.20. The van der Waals surface area contributed by atoms with Crippen LogP contribution in [-0.4, -0.2) is 35.3 Å². The van der Waals surface area contributed by atoms with Crippen molar-refractivity contribution < 1.29 is 21.6 Å². The molecule has 1 atom stereocenters. The molecule has 0 saturated carbocycles. The summed E-state index contributed by atoms with van der Waals surface area (Å²) >= 11 is 0. The van der Waals surface area contributed by atoms with E-state index in [9.17, 15) is 16.8 Å². The van der Waals surface area contributed by atoms with Gasteiger partial charge in [0.05, 0.1) is 22.4 Å². The highest BCUT2D eigenvalue weighted by Crippen LogP contribution is 2.21. The topological polar surface area (TPSA) is 116 Å². The summed E-state index contributed by atoms with van der Waals surface area (Å²) in [6.07, 6.45) is 1.30. The highest BCUT2D eigenvalue weighted by molar-refractivity contribution is 7.92. The third-order valence-electron chi connectivity index (χ3n) is 3.22. The zero-order chi connectivity index (χ0) is 15.7. The van der Waals surface area contributed by atoms with Gasteiger partial charge in [-0.3, -0.25) is 4.72 Å². The summed E-state index contributed by atoms with van der Waals surface area (Å²) in [6, 6.07) is 3.99. The molecule has 1 aliphatic heterocycles. The lowest BCUT2D eigenvalue weighted by molar-refractivity contribution is 0.127. The van der Waals surface area contributed by atoms with Crippen LogP contribution >= 0.6 is 0 Å². The normalized spacial score (nSPS) is 19.6. The minimum absolute atomic E-state index is 0.0536. The van der Waals surface area contributed by atoms with Crippen LogP contribution in [0.5, 0.6) is 0 Å². The largest absolute Gasteiger partial charge is 0.377 e. The Morgan fingerprint density at radius 2 is 2.05 bits per heavy atom. The Kier molecular flexibility index (Phi) is 4.57. The zero-order valence-electron chi connectivity index (χ0n) is 11.6. The molecule has 21 heavy (non-hydrogen) atoms. The summed E-state index contributed by atoms with van der Waals surface area (Å²) in [5, 5.41) is 5.03. The summed E-state index contributed by atoms with van der Waals surface area (Å²) in [5.74, 6) is -0.108. The number of sulfonamides is 2. The molecule has 0 bridgehead atoms. The van der Waals surface area contributed by atoms with Crippen molar-refractivity contribution in [1.82, 2.24) is 0 Å². The van der Waals surface area contributed by atoms with Gasteiger partial charge in [-0.25, -0.2) is 22.0 Å². The zero-order valence-corrected chi connectivity index (χ0v) is 13.2. The van der Waals surface area contributed by atoms with Crippen LogP contribution in [0.15, 0.2) is 23.1 Å². The summed E-state index contributed by atoms with van der Waals surface area (Å²) in [5.41, 5.74) is 0.817. The molecule has 1 aromatic rings. The Hall–Kier alpha value is -1.16. The van der Waals surface area contributed by atoms with E-state index < -0.39 is 20.0 Å². The standard InChI is InChI=1S/C12H18N2O5S2/c1-9-7-11(21(13,17)18)4-5-12(9)14-20(15,16)8-10-3-2-6-19-10/h4-5,7,10,14H,2-3,6,8H2,1H3,(H2,13,17,18). The van der Waals surface area contributed by atoms with Crippen molar-refractivity contribution in [1.29, 1.82) is 0 Å². The summed E-state index contributed by atoms with van der Waals surface area (Å²) in [7, 11) is -7.35. The smallest absolute Gasteiger partial charge is 0.238 e. The molecule has 2 rings (SSSR count). The molecule has 0 radical (unpaired) electrons. The Labute approximate surface area is 124 Å². The fraction of sp³-hybridized carbons (Fsp3) is 0.500. The van der Waals surface area contributed by atoms with Crippen molar-refractivity contribution in [3.8, 4) is 0 Å². The van der Waals surface area contributed by atoms with Gasteiger partial charge in [-0.2, -0.15) is 0 Å². The van der Waals surface area contributed by atoms with Gasteiger partial charge in [0.15, 0.2) is 0 Å². The molecule has 1 saturated heterocycles. The lowest BCUT2D eigenvalue weighted by Gasteiger charge is -2.14. The van der Waals surface area contributed by atoms with E-state index in [1.54, 1.807) is 6.92 Å². The Balaban J connectivity index is 2.15. The lowest BCUT2D eigenvalue weighted by atomic mass is 10.2. The molecule has 0 aliphatic carbocycles. The van der Waals surface area contributed by atoms with Gasteiger partial charge in [-0.15, -0.1) is 0 Å². The average molecular weight is 334 g/mol. The van der Waals surface area contributed by atoms with Gasteiger partial charge in [0.2, 0.25) is 20.0 Å². The van der Waals surface area contributed by atoms with Crippen LogP contribution in [-0.2, 0) is 24.8 Å². The third-order valence-corrected chi connectivity index (χ3v) is 5.47. The number of benzene rings is 1. The number of rotatable bonds is 5. The molecular weight excluding hydrogens is 316 g/mol. The van der Waals surface area contributed by atoms with E-state index in [4.69, 9.17) is 9.88 Å². The van der Waals surface area contributed by atoms with Gasteiger partial charge in [0.1, 0.15) is 0 Å². The number of primary sulfonamides is 1. The predicted molar refractivity (Wildman–Crippen MR) is 78.9 cm³/mol. The van der Waals surface area contributed by atoms with Crippen molar-refractivity contribution in [3.63, 3.8) is 0 Å². The van der Waals surface area contributed by atoms with E-state index in [1.807, 2.05) is 0 Å². The molecule has 0 spiro atoms. The number of hydrogen-bond donors (Lipinski definition) is 2. The molecule has 0 amide bonds. The minimum Gasteiger partial charge on any atom is -0.377 e. The van der Waals surface area contributed by atoms with E-state index in [1.165, 1.54) is 18.2 Å². The first-order chi connectivity index (χ1) is 9.67. The van der Waals surface area contributed by atoms with Crippen molar-refractivity contribution in [2.24, 2.45) is 5.14 Å². The number of nitrogens with one attached hydrogen (secondary N) is 1. The minimum atomic E-state index is -3.80. The fourth-order valence-corrected chi connectivity index (χ4v) is 4.16. The van der Waals surface area contributed by atoms with Crippen molar-refractivity contribution in [2.75, 3.05) is 17.1 Å². The molecule has 1 aliphatic rings. The van der Waals surface area contributed by atoms with Crippen LogP contribution in [0, 0.1) is 6.92 Å². The van der Waals surface area contributed by atoms with Gasteiger partial charge >= 0.3 is 0 Å². The molecule has 0 aromatic heterocycles. The maximum atomic E-state index is 12.1. The number of aryl methyl sites for hydroxylation is 1. The second kappa shape index (κ2) is 5.91. The molecule has 1 unspecified atom stereocenters. The molecule has 1 aromatic carbocycles. The van der Waals surface area contributed by atoms with Crippen LogP contribution in [0.4, 0.5) is 5.69 Å². The first-order valence-corrected chi connectivity index (χ1v) is 9.63. The molecule has 118 valence electrons. The van der Waals surface area contributed by atoms with Gasteiger partial charge < -0.3 is 4.74 Å². The predicted octanol–water partition coefficient (Wildman–Crippen LogP) is 0.563. The van der Waals surface area contributed by atoms with E-state index in [-0.39, 0.29) is 16.8 Å². The van der Waals surface area contributed by atoms with Crippen molar-refractivity contribution in [2.45, 2.75) is 30.8 Å². The Bertz CT molecular complexity index is 722. The summed E-state index contributed by atoms with van der Waals surface area (Å²) in [4.78, 5) is -0.0536. The molecule has 1 fully saturated rings. The van der Waals surface area contributed by atoms with Crippen LogP contribution in [0.3, 0.4) is 0 Å². The highest BCUT2D eigenvalue weighted by atomic mass is 32.2. The molecular formula is C12H18N2O5S2. The van der Waals surface area contributed by atoms with Crippen molar-refractivity contribution in [3.05, 3.63) is 23.8 Å². The first kappa shape index (κ1) is 16.2. The van der Waals surface area contributed by atoms with Crippen LogP contribution in [0.2, 0.25) is 0 Å². The number of ether oxygens (including phenoxy) is 1. The number of nitrogens with two attached hydrogens (primary N) is 1. The summed E-state index contributed by atoms with van der Waals surface area (Å²) < 4.78 is 54.3. The number of hydrogen-bond acceptors (Lipinski definition) is 5. The van der Waals surface area contributed by atoms with E-state index in [0.717, 1.165) is 12.8 Å². The fourth-order valence-electron chi connectivity index (χ4n) is 2.16. The van der Waals surface area contributed by atoms with E-state index >= 15 is 0 Å². The molecule has 9 heteroatoms. The molecule has 7 nitrogen and oxygen atoms in total. The molecule has 1 heterocycles. The van der Waals surface area contributed by atoms with Gasteiger partial charge in [-0.05, 0) is 43.5 Å². The van der Waals surface area contributed by atoms with Gasteiger partial charge in [-0.1, -0.05) is 0 Å². The average Bonchev–Trinajstić information content (AvgIpc) is 2.82. The highest BCUT2D eigenvalue weighted by Gasteiger charge is 2.23. The monoisotopic (exact) mass is 334 g/mol. The van der Waals surface area contributed by atoms with Crippen molar-refractivity contribution >= 4 is 25.7 Å². The maximum Gasteiger partial charge on any atom is 0.238 e. The maximum absolute atomic E-state index is 12.1. The quantitative estimate of drug-likeness (QED) is 0.816. The first-order valence-electron chi connectivity index (χ1n) is 6.43. The van der Waals surface area contributed by atoms with Crippen LogP contribution < -0.4 is 9.86 Å². The number of anilines is 1. The van der Waals surface area contributed by atoms with Crippen LogP contribution in [0.1, 0.15) is 18.4 Å². The van der Waals surface area contributed by atoms with Gasteiger partial charge in [0, 0.05) is 6.61 Å². The van der Waals surface area contributed by atoms with Crippen LogP contribution in [0.25, 0.3) is 0 Å². The third kappa shape index (κ3) is 4.40. The van der Waals surface area contributed by atoms with Gasteiger partial charge in [0.25, 0.3) is 0 Å². The van der Waals surface area contributed by atoms with E-state index in [0.29, 0.717) is 17.9 Å².